The van der Waals surface area contributed by atoms with Crippen LogP contribution in [0.5, 0.6) is 0 Å². The summed E-state index contributed by atoms with van der Waals surface area (Å²) in [6.45, 7) is 1.89. The van der Waals surface area contributed by atoms with Crippen molar-refractivity contribution in [3.05, 3.63) is 0 Å². The number of likely N-dealkylation sites (N-methyl/N-ethyl adjacent to an activating group) is 1. The van der Waals surface area contributed by atoms with Crippen molar-refractivity contribution < 1.29 is 24.2 Å². The van der Waals surface area contributed by atoms with Crippen molar-refractivity contribution in [2.75, 3.05) is 33.3 Å². The lowest BCUT2D eigenvalue weighted by Crippen LogP contribution is -2.50. The number of hydrogen-bond donors (Lipinski definition) is 2. The summed E-state index contributed by atoms with van der Waals surface area (Å²) in [6, 6.07) is -0.485. The summed E-state index contributed by atoms with van der Waals surface area (Å²) in [7, 11) is 1.50. The van der Waals surface area contributed by atoms with Crippen molar-refractivity contribution in [2.24, 2.45) is 0 Å². The van der Waals surface area contributed by atoms with Gasteiger partial charge in [-0.3, -0.25) is 14.5 Å². The number of nitrogens with zero attached hydrogens (tertiary/aromatic N) is 2. The maximum Gasteiger partial charge on any atom is 0.327 e. The molecule has 0 saturated carbocycles. The van der Waals surface area contributed by atoms with Gasteiger partial charge in [0.25, 0.3) is 5.91 Å². The number of nitrogens with one attached hydrogen (secondary N) is 1. The Balaban J connectivity index is 1.84. The zero-order valence-electron chi connectivity index (χ0n) is 11.6. The maximum atomic E-state index is 11.8. The second kappa shape index (κ2) is 5.37. The fourth-order valence-electron chi connectivity index (χ4n) is 2.28. The molecule has 2 fully saturated rings. The molecule has 0 spiro atoms. The highest BCUT2D eigenvalue weighted by atomic mass is 16.5. The highest BCUT2D eigenvalue weighted by Gasteiger charge is 2.40. The Morgan fingerprint density at radius 1 is 1.55 bits per heavy atom. The second-order valence-corrected chi connectivity index (χ2v) is 5.26. The lowest BCUT2D eigenvalue weighted by Gasteiger charge is -2.26. The lowest BCUT2D eigenvalue weighted by atomic mass is 9.97. The zero-order valence-corrected chi connectivity index (χ0v) is 11.6. The summed E-state index contributed by atoms with van der Waals surface area (Å²) in [5.41, 5.74) is -1.09. The van der Waals surface area contributed by atoms with Crippen molar-refractivity contribution in [1.29, 1.82) is 0 Å². The molecule has 0 aromatic rings. The van der Waals surface area contributed by atoms with Crippen LogP contribution in [0.25, 0.3) is 0 Å². The third kappa shape index (κ3) is 2.75. The first-order valence-corrected chi connectivity index (χ1v) is 6.49. The van der Waals surface area contributed by atoms with Crippen molar-refractivity contribution >= 4 is 17.8 Å². The number of carbonyl (C=O) groups is 3. The molecular weight excluding hydrogens is 266 g/mol. The Kier molecular flexibility index (Phi) is 3.96. The molecule has 0 aliphatic carbocycles. The van der Waals surface area contributed by atoms with Crippen LogP contribution in [0.2, 0.25) is 0 Å². The van der Waals surface area contributed by atoms with E-state index in [1.165, 1.54) is 11.9 Å². The van der Waals surface area contributed by atoms with E-state index in [-0.39, 0.29) is 25.7 Å². The number of urea groups is 1. The SMILES string of the molecule is CC1OCCC1(O)CNC(=O)CN1C(=O)CN(C)C1=O. The van der Waals surface area contributed by atoms with Crippen molar-refractivity contribution in [2.45, 2.75) is 25.0 Å². The van der Waals surface area contributed by atoms with Crippen LogP contribution < -0.4 is 5.32 Å². The average Bonchev–Trinajstić information content (AvgIpc) is 2.83. The first-order chi connectivity index (χ1) is 9.33. The highest BCUT2D eigenvalue weighted by Crippen LogP contribution is 2.24. The number of aliphatic hydroxyl groups is 1. The lowest BCUT2D eigenvalue weighted by molar-refractivity contribution is -0.131. The van der Waals surface area contributed by atoms with Gasteiger partial charge in [0.2, 0.25) is 5.91 Å². The van der Waals surface area contributed by atoms with E-state index in [0.717, 1.165) is 4.90 Å². The van der Waals surface area contributed by atoms with Gasteiger partial charge in [-0.1, -0.05) is 0 Å². The number of imide groups is 1. The van der Waals surface area contributed by atoms with Gasteiger partial charge in [0.1, 0.15) is 18.7 Å². The van der Waals surface area contributed by atoms with Crippen LogP contribution in [-0.4, -0.2) is 77.7 Å². The molecule has 2 aliphatic heterocycles. The molecule has 2 N–H and O–H groups in total. The zero-order chi connectivity index (χ0) is 14.9. The molecule has 2 atom stereocenters. The summed E-state index contributed by atoms with van der Waals surface area (Å²) >= 11 is 0. The third-order valence-electron chi connectivity index (χ3n) is 3.78. The standard InChI is InChI=1S/C12H19N3O5/c1-8-12(19,3-4-20-8)7-13-9(16)5-15-10(17)6-14(2)11(15)18/h8,19H,3-7H2,1-2H3,(H,13,16). The van der Waals surface area contributed by atoms with Crippen molar-refractivity contribution in [3.63, 3.8) is 0 Å². The number of carbonyl (C=O) groups excluding carboxylic acids is 3. The second-order valence-electron chi connectivity index (χ2n) is 5.26. The molecule has 0 aromatic carbocycles. The summed E-state index contributed by atoms with van der Waals surface area (Å²) in [4.78, 5) is 37.0. The van der Waals surface area contributed by atoms with Gasteiger partial charge in [-0.2, -0.15) is 0 Å². The van der Waals surface area contributed by atoms with E-state index < -0.39 is 23.4 Å². The molecular formula is C12H19N3O5. The first-order valence-electron chi connectivity index (χ1n) is 6.49. The van der Waals surface area contributed by atoms with E-state index in [1.807, 2.05) is 0 Å². The first kappa shape index (κ1) is 14.7. The molecule has 2 rings (SSSR count). The van der Waals surface area contributed by atoms with Crippen molar-refractivity contribution in [3.8, 4) is 0 Å². The van der Waals surface area contributed by atoms with E-state index in [2.05, 4.69) is 5.32 Å². The minimum atomic E-state index is -1.09. The van der Waals surface area contributed by atoms with Gasteiger partial charge in [-0.15, -0.1) is 0 Å². The van der Waals surface area contributed by atoms with Gasteiger partial charge in [-0.05, 0) is 6.92 Å². The van der Waals surface area contributed by atoms with E-state index in [9.17, 15) is 19.5 Å². The molecule has 0 radical (unpaired) electrons. The highest BCUT2D eigenvalue weighted by molar-refractivity contribution is 6.04. The summed E-state index contributed by atoms with van der Waals surface area (Å²) in [6.07, 6.45) is 0.0858. The Bertz CT molecular complexity index is 441. The van der Waals surface area contributed by atoms with E-state index in [1.54, 1.807) is 6.92 Å². The molecule has 4 amide bonds. The molecule has 2 aliphatic rings. The van der Waals surface area contributed by atoms with Crippen molar-refractivity contribution in [1.82, 2.24) is 15.1 Å². The Labute approximate surface area is 116 Å². The van der Waals surface area contributed by atoms with Crippen LogP contribution in [0.4, 0.5) is 4.79 Å². The quantitative estimate of drug-likeness (QED) is 0.615. The largest absolute Gasteiger partial charge is 0.385 e. The van der Waals surface area contributed by atoms with E-state index in [0.29, 0.717) is 13.0 Å². The van der Waals surface area contributed by atoms with E-state index in [4.69, 9.17) is 4.74 Å². The maximum absolute atomic E-state index is 11.8. The molecule has 112 valence electrons. The van der Waals surface area contributed by atoms with Crippen LogP contribution in [0.3, 0.4) is 0 Å². The predicted molar refractivity (Wildman–Crippen MR) is 67.7 cm³/mol. The molecule has 2 saturated heterocycles. The molecule has 2 unspecified atom stereocenters. The normalized spacial score (nSPS) is 30.2. The smallest absolute Gasteiger partial charge is 0.327 e. The fourth-order valence-corrected chi connectivity index (χ4v) is 2.28. The van der Waals surface area contributed by atoms with Crippen LogP contribution in [0.1, 0.15) is 13.3 Å². The van der Waals surface area contributed by atoms with Crippen LogP contribution in [0.15, 0.2) is 0 Å². The van der Waals surface area contributed by atoms with Crippen LogP contribution in [0, 0.1) is 0 Å². The summed E-state index contributed by atoms with van der Waals surface area (Å²) in [5, 5.41) is 12.8. The number of ether oxygens (including phenoxy) is 1. The molecule has 0 bridgehead atoms. The van der Waals surface area contributed by atoms with Gasteiger partial charge >= 0.3 is 6.03 Å². The van der Waals surface area contributed by atoms with Gasteiger partial charge < -0.3 is 20.1 Å². The van der Waals surface area contributed by atoms with Crippen LogP contribution >= 0.6 is 0 Å². The number of amides is 4. The molecule has 8 nitrogen and oxygen atoms in total. The monoisotopic (exact) mass is 285 g/mol. The number of rotatable bonds is 4. The average molecular weight is 285 g/mol. The topological polar surface area (TPSA) is 99.2 Å². The minimum absolute atomic E-state index is 0.0130. The predicted octanol–water partition coefficient (Wildman–Crippen LogP) is -1.46. The molecule has 20 heavy (non-hydrogen) atoms. The molecule has 0 aromatic heterocycles. The van der Waals surface area contributed by atoms with Crippen LogP contribution in [-0.2, 0) is 14.3 Å². The van der Waals surface area contributed by atoms with Gasteiger partial charge in [-0.25, -0.2) is 4.79 Å². The molecule has 2 heterocycles. The summed E-state index contributed by atoms with van der Waals surface area (Å²) < 4.78 is 5.26. The van der Waals surface area contributed by atoms with E-state index >= 15 is 0 Å². The third-order valence-corrected chi connectivity index (χ3v) is 3.78. The molecule has 8 heteroatoms. The summed E-state index contributed by atoms with van der Waals surface area (Å²) in [5.74, 6) is -0.876. The Hall–Kier alpha value is -1.67. The van der Waals surface area contributed by atoms with Gasteiger partial charge in [0, 0.05) is 26.6 Å². The van der Waals surface area contributed by atoms with Gasteiger partial charge in [0.05, 0.1) is 6.10 Å². The Morgan fingerprint density at radius 3 is 2.75 bits per heavy atom. The number of hydrogen-bond acceptors (Lipinski definition) is 5. The fraction of sp³-hybridized carbons (Fsp3) is 0.750. The minimum Gasteiger partial charge on any atom is -0.385 e. The Morgan fingerprint density at radius 2 is 2.25 bits per heavy atom. The van der Waals surface area contributed by atoms with Gasteiger partial charge in [0.15, 0.2) is 0 Å².